The van der Waals surface area contributed by atoms with Crippen molar-refractivity contribution < 1.29 is 27.9 Å². The van der Waals surface area contributed by atoms with Crippen molar-refractivity contribution in [3.05, 3.63) is 89.1 Å². The number of nitrogens with one attached hydrogen (secondary N) is 1. The third-order valence-electron chi connectivity index (χ3n) is 7.07. The Hall–Kier alpha value is -3.53. The van der Waals surface area contributed by atoms with Crippen LogP contribution < -0.4 is 10.2 Å². The summed E-state index contributed by atoms with van der Waals surface area (Å²) in [5.74, 6) is -0.489. The Morgan fingerprint density at radius 1 is 1.08 bits per heavy atom. The molecule has 0 radical (unpaired) electrons. The number of halogens is 1. The molecular formula is C30H34FN3O5. The lowest BCUT2D eigenvalue weighted by Crippen LogP contribution is -2.45. The molecule has 2 unspecified atom stereocenters. The predicted octanol–water partition coefficient (Wildman–Crippen LogP) is 4.24. The molecule has 2 aliphatic rings. The number of carbonyl (C=O) groups excluding carboxylic acids is 2. The van der Waals surface area contributed by atoms with Crippen LogP contribution in [0, 0.1) is 12.7 Å². The molecule has 5 rings (SSSR count). The maximum atomic E-state index is 14.1. The van der Waals surface area contributed by atoms with E-state index in [-0.39, 0.29) is 17.8 Å². The number of hydrogen-bond donors (Lipinski definition) is 1. The van der Waals surface area contributed by atoms with Crippen molar-refractivity contribution in [3.63, 3.8) is 0 Å². The fraction of sp³-hybridized carbons (Fsp3) is 0.400. The smallest absolute Gasteiger partial charge is 0.294 e. The molecule has 1 aromatic heterocycles. The molecule has 1 N–H and O–H groups in total. The summed E-state index contributed by atoms with van der Waals surface area (Å²) in [6.07, 6.45) is 1.74. The number of hydrogen-bond acceptors (Lipinski definition) is 6. The first-order valence-corrected chi connectivity index (χ1v) is 13.4. The summed E-state index contributed by atoms with van der Waals surface area (Å²) in [6.45, 7) is 6.38. The van der Waals surface area contributed by atoms with E-state index in [2.05, 4.69) is 10.2 Å². The van der Waals surface area contributed by atoms with E-state index in [4.69, 9.17) is 13.9 Å². The molecule has 0 saturated carbocycles. The highest BCUT2D eigenvalue weighted by Gasteiger charge is 2.35. The highest BCUT2D eigenvalue weighted by atomic mass is 19.1. The molecule has 2 atom stereocenters. The molecule has 0 aliphatic carbocycles. The third kappa shape index (κ3) is 6.73. The SMILES string of the molecule is Cc1cccc(N(C(=O)c2ccc(CN3CCOCC3)o2)C(C(=O)NCC2CCCO2)c2ccc(F)cc2)c1. The molecule has 9 heteroatoms. The lowest BCUT2D eigenvalue weighted by atomic mass is 10.0. The summed E-state index contributed by atoms with van der Waals surface area (Å²) >= 11 is 0. The molecule has 2 aromatic carbocycles. The van der Waals surface area contributed by atoms with Gasteiger partial charge in [-0.1, -0.05) is 24.3 Å². The molecule has 39 heavy (non-hydrogen) atoms. The highest BCUT2D eigenvalue weighted by Crippen LogP contribution is 2.31. The number of carbonyl (C=O) groups is 2. The first-order valence-electron chi connectivity index (χ1n) is 13.4. The van der Waals surface area contributed by atoms with Gasteiger partial charge in [-0.05, 0) is 67.3 Å². The molecule has 0 bridgehead atoms. The monoisotopic (exact) mass is 535 g/mol. The number of anilines is 1. The van der Waals surface area contributed by atoms with E-state index in [0.29, 0.717) is 49.9 Å². The number of ether oxygens (including phenoxy) is 2. The van der Waals surface area contributed by atoms with Gasteiger partial charge >= 0.3 is 0 Å². The Bertz CT molecular complexity index is 1270. The Balaban J connectivity index is 1.48. The number of aryl methyl sites for hydroxylation is 1. The van der Waals surface area contributed by atoms with Crippen LogP contribution in [-0.4, -0.2) is 62.3 Å². The lowest BCUT2D eigenvalue weighted by Gasteiger charge is -2.31. The number of rotatable bonds is 9. The van der Waals surface area contributed by atoms with Crippen LogP contribution in [0.15, 0.2) is 65.1 Å². The minimum atomic E-state index is -1.06. The van der Waals surface area contributed by atoms with Gasteiger partial charge in [-0.25, -0.2) is 4.39 Å². The third-order valence-corrected chi connectivity index (χ3v) is 7.07. The van der Waals surface area contributed by atoms with E-state index in [0.717, 1.165) is 31.5 Å². The zero-order chi connectivity index (χ0) is 27.2. The fourth-order valence-electron chi connectivity index (χ4n) is 5.02. The molecule has 3 heterocycles. The molecule has 2 saturated heterocycles. The molecule has 8 nitrogen and oxygen atoms in total. The summed E-state index contributed by atoms with van der Waals surface area (Å²) in [5.41, 5.74) is 1.94. The van der Waals surface area contributed by atoms with Crippen molar-refractivity contribution in [1.82, 2.24) is 10.2 Å². The molecule has 2 aliphatic heterocycles. The van der Waals surface area contributed by atoms with Crippen molar-refractivity contribution in [2.24, 2.45) is 0 Å². The summed E-state index contributed by atoms with van der Waals surface area (Å²) in [6, 6.07) is 15.4. The summed E-state index contributed by atoms with van der Waals surface area (Å²) in [4.78, 5) is 31.5. The lowest BCUT2D eigenvalue weighted by molar-refractivity contribution is -0.123. The average molecular weight is 536 g/mol. The largest absolute Gasteiger partial charge is 0.455 e. The van der Waals surface area contributed by atoms with E-state index < -0.39 is 17.8 Å². The van der Waals surface area contributed by atoms with Gasteiger partial charge in [0.25, 0.3) is 5.91 Å². The number of nitrogens with zero attached hydrogens (tertiary/aromatic N) is 2. The van der Waals surface area contributed by atoms with Crippen molar-refractivity contribution in [2.45, 2.75) is 38.5 Å². The maximum Gasteiger partial charge on any atom is 0.294 e. The first kappa shape index (κ1) is 27.1. The quantitative estimate of drug-likeness (QED) is 0.441. The van der Waals surface area contributed by atoms with Crippen LogP contribution in [0.1, 0.15) is 46.3 Å². The summed E-state index contributed by atoms with van der Waals surface area (Å²) < 4.78 is 31.0. The molecular weight excluding hydrogens is 501 g/mol. The minimum Gasteiger partial charge on any atom is -0.455 e. The summed E-state index contributed by atoms with van der Waals surface area (Å²) in [5, 5.41) is 2.97. The van der Waals surface area contributed by atoms with Crippen LogP contribution >= 0.6 is 0 Å². The highest BCUT2D eigenvalue weighted by molar-refractivity contribution is 6.08. The van der Waals surface area contributed by atoms with E-state index in [9.17, 15) is 14.0 Å². The van der Waals surface area contributed by atoms with Gasteiger partial charge in [-0.2, -0.15) is 0 Å². The van der Waals surface area contributed by atoms with Gasteiger partial charge in [0.05, 0.1) is 25.9 Å². The molecule has 0 spiro atoms. The fourth-order valence-corrected chi connectivity index (χ4v) is 5.02. The van der Waals surface area contributed by atoms with Crippen LogP contribution in [0.5, 0.6) is 0 Å². The minimum absolute atomic E-state index is 0.0706. The van der Waals surface area contributed by atoms with Crippen molar-refractivity contribution in [2.75, 3.05) is 44.4 Å². The normalized spacial score (nSPS) is 18.6. The van der Waals surface area contributed by atoms with Gasteiger partial charge in [0.1, 0.15) is 17.6 Å². The number of amides is 2. The van der Waals surface area contributed by atoms with E-state index >= 15 is 0 Å². The Labute approximate surface area is 227 Å². The Morgan fingerprint density at radius 2 is 1.87 bits per heavy atom. The Kier molecular flexibility index (Phi) is 8.71. The number of morpholine rings is 1. The summed E-state index contributed by atoms with van der Waals surface area (Å²) in [7, 11) is 0. The second-order valence-corrected chi connectivity index (χ2v) is 10.0. The van der Waals surface area contributed by atoms with Crippen molar-refractivity contribution in [1.29, 1.82) is 0 Å². The second kappa shape index (κ2) is 12.5. The first-order chi connectivity index (χ1) is 19.0. The number of benzene rings is 2. The molecule has 3 aromatic rings. The van der Waals surface area contributed by atoms with Crippen LogP contribution in [-0.2, 0) is 20.8 Å². The zero-order valence-electron chi connectivity index (χ0n) is 22.1. The molecule has 2 amide bonds. The second-order valence-electron chi connectivity index (χ2n) is 10.0. The van der Waals surface area contributed by atoms with E-state index in [1.807, 2.05) is 25.1 Å². The van der Waals surface area contributed by atoms with Gasteiger partial charge in [-0.3, -0.25) is 19.4 Å². The van der Waals surface area contributed by atoms with Gasteiger partial charge in [0, 0.05) is 31.9 Å². The van der Waals surface area contributed by atoms with Gasteiger partial charge in [0.15, 0.2) is 5.76 Å². The average Bonchev–Trinajstić information content (AvgIpc) is 3.64. The van der Waals surface area contributed by atoms with Crippen LogP contribution in [0.3, 0.4) is 0 Å². The molecule has 206 valence electrons. The topological polar surface area (TPSA) is 84.2 Å². The standard InChI is InChI=1S/C30H34FN3O5/c1-21-4-2-5-24(18-21)34(30(36)27-12-11-26(39-27)20-33-13-16-37-17-14-33)28(22-7-9-23(31)10-8-22)29(35)32-19-25-6-3-15-38-25/h2,4-5,7-12,18,25,28H,3,6,13-17,19-20H2,1H3,(H,32,35). The number of furan rings is 1. The Morgan fingerprint density at radius 3 is 2.59 bits per heavy atom. The predicted molar refractivity (Wildman–Crippen MR) is 144 cm³/mol. The van der Waals surface area contributed by atoms with Crippen LogP contribution in [0.4, 0.5) is 10.1 Å². The van der Waals surface area contributed by atoms with Gasteiger partial charge < -0.3 is 19.2 Å². The van der Waals surface area contributed by atoms with E-state index in [1.165, 1.54) is 29.2 Å². The van der Waals surface area contributed by atoms with Crippen LogP contribution in [0.2, 0.25) is 0 Å². The van der Waals surface area contributed by atoms with Crippen molar-refractivity contribution in [3.8, 4) is 0 Å². The van der Waals surface area contributed by atoms with Gasteiger partial charge in [-0.15, -0.1) is 0 Å². The molecule has 2 fully saturated rings. The maximum absolute atomic E-state index is 14.1. The van der Waals surface area contributed by atoms with Crippen molar-refractivity contribution >= 4 is 17.5 Å². The van der Waals surface area contributed by atoms with Gasteiger partial charge in [0.2, 0.25) is 5.91 Å². The van der Waals surface area contributed by atoms with E-state index in [1.54, 1.807) is 18.2 Å². The zero-order valence-corrected chi connectivity index (χ0v) is 22.1. The van der Waals surface area contributed by atoms with Crippen LogP contribution in [0.25, 0.3) is 0 Å².